The molecule has 0 amide bonds. The van der Waals surface area contributed by atoms with Gasteiger partial charge < -0.3 is 4.42 Å². The van der Waals surface area contributed by atoms with Crippen LogP contribution in [0.5, 0.6) is 0 Å². The minimum atomic E-state index is -0.434. The molecule has 0 aliphatic rings. The van der Waals surface area contributed by atoms with Crippen LogP contribution in [-0.4, -0.2) is 0 Å². The van der Waals surface area contributed by atoms with Gasteiger partial charge >= 0.3 is 0 Å². The van der Waals surface area contributed by atoms with E-state index in [1.807, 2.05) is 103 Å². The third kappa shape index (κ3) is 4.22. The molecule has 51 heavy (non-hydrogen) atoms. The van der Waals surface area contributed by atoms with E-state index in [1.165, 1.54) is 0 Å². The highest BCUT2D eigenvalue weighted by Gasteiger charge is 2.20. The Morgan fingerprint density at radius 3 is 1.73 bits per heavy atom. The van der Waals surface area contributed by atoms with E-state index in [4.69, 9.17) is 9.90 Å². The van der Waals surface area contributed by atoms with E-state index in [9.17, 15) is 5.48 Å². The van der Waals surface area contributed by atoms with E-state index < -0.39 is 24.2 Å². The summed E-state index contributed by atoms with van der Waals surface area (Å²) in [4.78, 5) is 0. The Hall–Kier alpha value is -6.70. The Morgan fingerprint density at radius 1 is 0.353 bits per heavy atom. The second kappa shape index (κ2) is 10.9. The largest absolute Gasteiger partial charge is 0.456 e. The summed E-state index contributed by atoms with van der Waals surface area (Å²) in [5.74, 6) is 0. The van der Waals surface area contributed by atoms with E-state index in [0.29, 0.717) is 27.8 Å². The van der Waals surface area contributed by atoms with Crippen molar-refractivity contribution in [3.63, 3.8) is 0 Å². The molecule has 0 radical (unpaired) electrons. The summed E-state index contributed by atoms with van der Waals surface area (Å²) < 4.78 is 80.1. The van der Waals surface area contributed by atoms with Gasteiger partial charge in [0.05, 0.1) is 11.0 Å². The summed E-state index contributed by atoms with van der Waals surface area (Å²) in [5.41, 5.74) is 4.95. The average molecular weight is 655 g/mol. The van der Waals surface area contributed by atoms with Crippen LogP contribution >= 0.6 is 0 Å². The lowest BCUT2D eigenvalue weighted by atomic mass is 9.83. The molecule has 1 aromatic heterocycles. The summed E-state index contributed by atoms with van der Waals surface area (Å²) >= 11 is 0. The zero-order chi connectivity index (χ0) is 40.4. The molecule has 10 aromatic carbocycles. The van der Waals surface area contributed by atoms with Gasteiger partial charge in [-0.3, -0.25) is 0 Å². The summed E-state index contributed by atoms with van der Waals surface area (Å²) in [5, 5.41) is 8.41. The smallest absolute Gasteiger partial charge is 0.136 e. The number of hydrogen-bond donors (Lipinski definition) is 0. The lowest BCUT2D eigenvalue weighted by molar-refractivity contribution is 0.669. The van der Waals surface area contributed by atoms with Crippen LogP contribution in [0.4, 0.5) is 0 Å². The molecule has 0 bridgehead atoms. The first-order valence-corrected chi connectivity index (χ1v) is 16.9. The molecule has 1 heteroatoms. The van der Waals surface area contributed by atoms with Crippen molar-refractivity contribution in [2.75, 3.05) is 0 Å². The lowest BCUT2D eigenvalue weighted by Crippen LogP contribution is -1.92. The zero-order valence-corrected chi connectivity index (χ0v) is 27.1. The van der Waals surface area contributed by atoms with Crippen molar-refractivity contribution < 1.29 is 15.4 Å². The van der Waals surface area contributed by atoms with Crippen LogP contribution in [0.1, 0.15) is 11.0 Å². The first kappa shape index (κ1) is 21.4. The van der Waals surface area contributed by atoms with Crippen LogP contribution in [-0.2, 0) is 0 Å². The molecule has 0 N–H and O–H groups in total. The third-order valence-corrected chi connectivity index (χ3v) is 10.3. The van der Waals surface area contributed by atoms with Crippen molar-refractivity contribution in [3.8, 4) is 33.4 Å². The zero-order valence-electron chi connectivity index (χ0n) is 35.1. The highest BCUT2D eigenvalue weighted by atomic mass is 16.3. The number of fused-ring (bicyclic) bond motifs is 9. The van der Waals surface area contributed by atoms with Gasteiger partial charge in [0, 0.05) is 10.8 Å². The molecule has 236 valence electrons. The highest BCUT2D eigenvalue weighted by Crippen LogP contribution is 2.47. The number of furan rings is 1. The van der Waals surface area contributed by atoms with E-state index >= 15 is 0 Å². The molecular weight excluding hydrogens is 617 g/mol. The second-order valence-corrected chi connectivity index (χ2v) is 13.0. The fourth-order valence-electron chi connectivity index (χ4n) is 8.03. The molecule has 0 saturated heterocycles. The fraction of sp³-hybridized carbons (Fsp3) is 0. The normalized spacial score (nSPS) is 14.1. The molecule has 0 fully saturated rings. The SMILES string of the molecule is [2H]c1c([2H])c([2H])c2c(-c3cccc4cccc(-c5ccc6c(c5)oc5ccc7ccccc7c56)c34)c3c([2H])c([2H])c([2H])c([2H])c3c(-c3ccc4ccccc4c3)c2c1[2H]. The number of benzene rings is 10. The molecule has 1 nitrogen and oxygen atoms in total. The van der Waals surface area contributed by atoms with Crippen LogP contribution in [0, 0.1) is 0 Å². The Labute approximate surface area is 305 Å². The van der Waals surface area contributed by atoms with Crippen molar-refractivity contribution in [1.29, 1.82) is 0 Å². The van der Waals surface area contributed by atoms with Crippen molar-refractivity contribution in [2.24, 2.45) is 0 Å². The van der Waals surface area contributed by atoms with E-state index in [1.54, 1.807) is 0 Å². The summed E-state index contributed by atoms with van der Waals surface area (Å²) in [6.07, 6.45) is 0. The van der Waals surface area contributed by atoms with Crippen LogP contribution in [0.15, 0.2) is 186 Å². The first-order chi connectivity index (χ1) is 28.6. The maximum atomic E-state index is 9.53. The molecule has 0 aliphatic heterocycles. The van der Waals surface area contributed by atoms with Gasteiger partial charge in [0.2, 0.25) is 0 Å². The lowest BCUT2D eigenvalue weighted by Gasteiger charge is -2.20. The molecule has 0 unspecified atom stereocenters. The van der Waals surface area contributed by atoms with Crippen molar-refractivity contribution in [2.45, 2.75) is 0 Å². The maximum Gasteiger partial charge on any atom is 0.136 e. The van der Waals surface area contributed by atoms with Gasteiger partial charge in [0.15, 0.2) is 0 Å². The Morgan fingerprint density at radius 2 is 0.961 bits per heavy atom. The van der Waals surface area contributed by atoms with Crippen LogP contribution < -0.4 is 0 Å². The molecule has 0 atom stereocenters. The van der Waals surface area contributed by atoms with Crippen LogP contribution in [0.25, 0.3) is 109 Å². The molecule has 0 aliphatic carbocycles. The molecule has 11 rings (SSSR count). The first-order valence-electron chi connectivity index (χ1n) is 20.9. The average Bonchev–Trinajstić information content (AvgIpc) is 3.66. The van der Waals surface area contributed by atoms with Gasteiger partial charge in [-0.15, -0.1) is 0 Å². The van der Waals surface area contributed by atoms with Gasteiger partial charge in [0.1, 0.15) is 11.2 Å². The molecule has 0 spiro atoms. The molecule has 0 saturated carbocycles. The van der Waals surface area contributed by atoms with E-state index in [0.717, 1.165) is 59.8 Å². The van der Waals surface area contributed by atoms with Crippen molar-refractivity contribution in [1.82, 2.24) is 0 Å². The number of rotatable bonds is 3. The monoisotopic (exact) mass is 654 g/mol. The minimum Gasteiger partial charge on any atom is -0.456 e. The fourth-order valence-corrected chi connectivity index (χ4v) is 8.03. The summed E-state index contributed by atoms with van der Waals surface area (Å²) in [7, 11) is 0. The molecule has 1 heterocycles. The predicted octanol–water partition coefficient (Wildman–Crippen LogP) is 14.4. The van der Waals surface area contributed by atoms with E-state index in [2.05, 4.69) is 30.3 Å². The topological polar surface area (TPSA) is 13.1 Å². The van der Waals surface area contributed by atoms with Crippen molar-refractivity contribution >= 4 is 75.8 Å². The standard InChI is InChI=1S/C50H30O/c1-2-13-34-29-36(24-23-31(34)11-1)48-39-17-5-7-19-41(39)49(42-20-8-6-18-40(42)48)44-22-10-15-33-14-9-21-38(47(33)44)35-25-27-43-46(30-35)51-45-28-26-32-12-3-4-16-37(32)50(43)45/h1-30H/i5D,6D,7D,8D,17D,18D,19D,20D. The van der Waals surface area contributed by atoms with Crippen molar-refractivity contribution in [3.05, 3.63) is 182 Å². The Balaban J connectivity index is 1.30. The maximum absolute atomic E-state index is 9.53. The Bertz CT molecular complexity index is 3580. The predicted molar refractivity (Wildman–Crippen MR) is 218 cm³/mol. The quantitative estimate of drug-likeness (QED) is 0.173. The second-order valence-electron chi connectivity index (χ2n) is 13.0. The highest BCUT2D eigenvalue weighted by molar-refractivity contribution is 6.25. The van der Waals surface area contributed by atoms with Gasteiger partial charge in [-0.2, -0.15) is 0 Å². The number of hydrogen-bond acceptors (Lipinski definition) is 1. The summed E-state index contributed by atoms with van der Waals surface area (Å²) in [6.45, 7) is 0. The minimum absolute atomic E-state index is 0.179. The third-order valence-electron chi connectivity index (χ3n) is 10.3. The van der Waals surface area contributed by atoms with Gasteiger partial charge in [0.25, 0.3) is 0 Å². The van der Waals surface area contributed by atoms with E-state index in [-0.39, 0.29) is 45.7 Å². The van der Waals surface area contributed by atoms with Gasteiger partial charge in [-0.1, -0.05) is 158 Å². The summed E-state index contributed by atoms with van der Waals surface area (Å²) in [6, 6.07) is 40.7. The van der Waals surface area contributed by atoms with Crippen LogP contribution in [0.3, 0.4) is 0 Å². The van der Waals surface area contributed by atoms with Crippen LogP contribution in [0.2, 0.25) is 0 Å². The van der Waals surface area contributed by atoms with Gasteiger partial charge in [-0.25, -0.2) is 0 Å². The Kier molecular flexibility index (Phi) is 4.57. The molecule has 11 aromatic rings. The molecular formula is C50H30O. The van der Waals surface area contributed by atoms with Gasteiger partial charge in [-0.05, 0) is 112 Å².